The van der Waals surface area contributed by atoms with Gasteiger partial charge in [-0.3, -0.25) is 15.1 Å². The van der Waals surface area contributed by atoms with Crippen LogP contribution in [0.4, 0.5) is 5.69 Å². The lowest BCUT2D eigenvalue weighted by atomic mass is 10.1. The van der Waals surface area contributed by atoms with Crippen molar-refractivity contribution in [3.63, 3.8) is 0 Å². The van der Waals surface area contributed by atoms with E-state index in [0.717, 1.165) is 5.56 Å². The number of non-ortho nitro benzene ring substituents is 1. The Hall–Kier alpha value is -2.95. The molecule has 0 saturated heterocycles. The maximum Gasteiger partial charge on any atom is 0.279 e. The van der Waals surface area contributed by atoms with Gasteiger partial charge in [-0.05, 0) is 37.3 Å². The molecule has 0 saturated carbocycles. The first-order chi connectivity index (χ1) is 10.1. The van der Waals surface area contributed by atoms with Crippen LogP contribution in [0.25, 0.3) is 10.9 Å². The van der Waals surface area contributed by atoms with Crippen molar-refractivity contribution in [1.29, 1.82) is 0 Å². The zero-order chi connectivity index (χ0) is 14.8. The SMILES string of the molecule is Cc1ccc(Oc2ccc([N+](=O)[O-])c3cccnc23)cc1. The van der Waals surface area contributed by atoms with E-state index >= 15 is 0 Å². The van der Waals surface area contributed by atoms with Gasteiger partial charge in [0.25, 0.3) is 5.69 Å². The van der Waals surface area contributed by atoms with Crippen molar-refractivity contribution in [2.75, 3.05) is 0 Å². The third-order valence-electron chi connectivity index (χ3n) is 3.16. The second kappa shape index (κ2) is 5.20. The Morgan fingerprint density at radius 3 is 2.57 bits per heavy atom. The van der Waals surface area contributed by atoms with Crippen LogP contribution < -0.4 is 4.74 Å². The number of fused-ring (bicyclic) bond motifs is 1. The van der Waals surface area contributed by atoms with Crippen molar-refractivity contribution in [3.8, 4) is 11.5 Å². The number of rotatable bonds is 3. The van der Waals surface area contributed by atoms with Gasteiger partial charge in [-0.25, -0.2) is 0 Å². The molecular formula is C16H12N2O3. The number of pyridine rings is 1. The fraction of sp³-hybridized carbons (Fsp3) is 0.0625. The fourth-order valence-corrected chi connectivity index (χ4v) is 2.11. The van der Waals surface area contributed by atoms with E-state index in [1.165, 1.54) is 6.07 Å². The number of hydrogen-bond donors (Lipinski definition) is 0. The highest BCUT2D eigenvalue weighted by Gasteiger charge is 2.15. The average molecular weight is 280 g/mol. The van der Waals surface area contributed by atoms with Gasteiger partial charge >= 0.3 is 0 Å². The van der Waals surface area contributed by atoms with Gasteiger partial charge in [0.15, 0.2) is 5.75 Å². The Labute approximate surface area is 121 Å². The second-order valence-corrected chi connectivity index (χ2v) is 4.65. The minimum atomic E-state index is -0.417. The maximum absolute atomic E-state index is 11.1. The van der Waals surface area contributed by atoms with Gasteiger partial charge in [0.1, 0.15) is 11.3 Å². The number of nitrogens with zero attached hydrogens (tertiary/aromatic N) is 2. The Morgan fingerprint density at radius 1 is 1.10 bits per heavy atom. The van der Waals surface area contributed by atoms with E-state index in [9.17, 15) is 10.1 Å². The number of aryl methyl sites for hydroxylation is 1. The highest BCUT2D eigenvalue weighted by Crippen LogP contribution is 2.33. The molecule has 3 rings (SSSR count). The molecule has 1 aromatic heterocycles. The summed E-state index contributed by atoms with van der Waals surface area (Å²) in [4.78, 5) is 14.9. The van der Waals surface area contributed by atoms with Crippen LogP contribution in [0, 0.1) is 17.0 Å². The molecule has 1 heterocycles. The number of nitro benzene ring substituents is 1. The molecule has 104 valence electrons. The van der Waals surface area contributed by atoms with Crippen LogP contribution in [0.3, 0.4) is 0 Å². The van der Waals surface area contributed by atoms with Crippen molar-refractivity contribution in [2.45, 2.75) is 6.92 Å². The summed E-state index contributed by atoms with van der Waals surface area (Å²) >= 11 is 0. The molecule has 0 spiro atoms. The summed E-state index contributed by atoms with van der Waals surface area (Å²) < 4.78 is 5.80. The lowest BCUT2D eigenvalue weighted by Crippen LogP contribution is -1.93. The summed E-state index contributed by atoms with van der Waals surface area (Å²) in [6.45, 7) is 1.99. The van der Waals surface area contributed by atoms with E-state index in [4.69, 9.17) is 4.74 Å². The number of nitro groups is 1. The summed E-state index contributed by atoms with van der Waals surface area (Å²) in [7, 11) is 0. The molecule has 21 heavy (non-hydrogen) atoms. The molecule has 5 heteroatoms. The molecule has 0 aliphatic carbocycles. The third kappa shape index (κ3) is 2.53. The molecule has 0 aliphatic rings. The van der Waals surface area contributed by atoms with Crippen LogP contribution in [0.15, 0.2) is 54.7 Å². The lowest BCUT2D eigenvalue weighted by molar-refractivity contribution is -0.383. The topological polar surface area (TPSA) is 65.3 Å². The molecule has 5 nitrogen and oxygen atoms in total. The number of benzene rings is 2. The first-order valence-corrected chi connectivity index (χ1v) is 6.42. The fourth-order valence-electron chi connectivity index (χ4n) is 2.11. The Bertz CT molecular complexity index is 813. The van der Waals surface area contributed by atoms with Gasteiger partial charge in [-0.1, -0.05) is 17.7 Å². The molecule has 0 amide bonds. The Kier molecular flexibility index (Phi) is 3.23. The quantitative estimate of drug-likeness (QED) is 0.531. The first kappa shape index (κ1) is 13.1. The van der Waals surface area contributed by atoms with Crippen LogP contribution in [0.1, 0.15) is 5.56 Å². The van der Waals surface area contributed by atoms with E-state index in [0.29, 0.717) is 22.4 Å². The average Bonchev–Trinajstić information content (AvgIpc) is 2.49. The van der Waals surface area contributed by atoms with Gasteiger partial charge < -0.3 is 4.74 Å². The smallest absolute Gasteiger partial charge is 0.279 e. The molecule has 0 N–H and O–H groups in total. The van der Waals surface area contributed by atoms with Crippen LogP contribution >= 0.6 is 0 Å². The molecule has 0 atom stereocenters. The molecule has 0 bridgehead atoms. The summed E-state index contributed by atoms with van der Waals surface area (Å²) in [5.41, 5.74) is 1.63. The number of hydrogen-bond acceptors (Lipinski definition) is 4. The molecule has 0 radical (unpaired) electrons. The van der Waals surface area contributed by atoms with Crippen molar-refractivity contribution in [3.05, 3.63) is 70.4 Å². The number of ether oxygens (including phenoxy) is 1. The Morgan fingerprint density at radius 2 is 1.86 bits per heavy atom. The van der Waals surface area contributed by atoms with Crippen molar-refractivity contribution >= 4 is 16.6 Å². The third-order valence-corrected chi connectivity index (χ3v) is 3.16. The van der Waals surface area contributed by atoms with Gasteiger partial charge in [0, 0.05) is 12.3 Å². The minimum absolute atomic E-state index is 0.0226. The van der Waals surface area contributed by atoms with Crippen LogP contribution in [0.5, 0.6) is 11.5 Å². The van der Waals surface area contributed by atoms with Gasteiger partial charge in [-0.2, -0.15) is 0 Å². The molecule has 0 aliphatic heterocycles. The first-order valence-electron chi connectivity index (χ1n) is 6.42. The Balaban J connectivity index is 2.09. The van der Waals surface area contributed by atoms with Gasteiger partial charge in [-0.15, -0.1) is 0 Å². The zero-order valence-corrected chi connectivity index (χ0v) is 11.3. The molecule has 0 fully saturated rings. The lowest BCUT2D eigenvalue weighted by Gasteiger charge is -2.08. The standard InChI is InChI=1S/C16H12N2O3/c1-11-4-6-12(7-5-11)21-15-9-8-14(18(19)20)13-3-2-10-17-16(13)15/h2-10H,1H3. The predicted octanol–water partition coefficient (Wildman–Crippen LogP) is 4.24. The highest BCUT2D eigenvalue weighted by atomic mass is 16.6. The summed E-state index contributed by atoms with van der Waals surface area (Å²) in [6.07, 6.45) is 1.59. The van der Waals surface area contributed by atoms with Crippen molar-refractivity contribution in [2.24, 2.45) is 0 Å². The van der Waals surface area contributed by atoms with Crippen LogP contribution in [-0.4, -0.2) is 9.91 Å². The monoisotopic (exact) mass is 280 g/mol. The zero-order valence-electron chi connectivity index (χ0n) is 11.3. The largest absolute Gasteiger partial charge is 0.455 e. The second-order valence-electron chi connectivity index (χ2n) is 4.65. The molecule has 3 aromatic rings. The minimum Gasteiger partial charge on any atom is -0.455 e. The van der Waals surface area contributed by atoms with E-state index in [-0.39, 0.29) is 5.69 Å². The normalized spacial score (nSPS) is 10.5. The van der Waals surface area contributed by atoms with Gasteiger partial charge in [0.2, 0.25) is 0 Å². The van der Waals surface area contributed by atoms with E-state index in [1.807, 2.05) is 31.2 Å². The summed E-state index contributed by atoms with van der Waals surface area (Å²) in [5, 5.41) is 11.5. The van der Waals surface area contributed by atoms with E-state index < -0.39 is 4.92 Å². The maximum atomic E-state index is 11.1. The summed E-state index contributed by atoms with van der Waals surface area (Å²) in [6, 6.07) is 13.9. The highest BCUT2D eigenvalue weighted by molar-refractivity contribution is 5.92. The van der Waals surface area contributed by atoms with E-state index in [1.54, 1.807) is 24.4 Å². The summed E-state index contributed by atoms with van der Waals surface area (Å²) in [5.74, 6) is 1.17. The van der Waals surface area contributed by atoms with Crippen molar-refractivity contribution in [1.82, 2.24) is 4.98 Å². The molecule has 0 unspecified atom stereocenters. The van der Waals surface area contributed by atoms with Crippen molar-refractivity contribution < 1.29 is 9.66 Å². The molecular weight excluding hydrogens is 268 g/mol. The van der Waals surface area contributed by atoms with E-state index in [2.05, 4.69) is 4.98 Å². The number of aromatic nitrogens is 1. The van der Waals surface area contributed by atoms with Crippen LogP contribution in [-0.2, 0) is 0 Å². The molecule has 2 aromatic carbocycles. The van der Waals surface area contributed by atoms with Gasteiger partial charge in [0.05, 0.1) is 10.3 Å². The van der Waals surface area contributed by atoms with Crippen LogP contribution in [0.2, 0.25) is 0 Å². The predicted molar refractivity (Wildman–Crippen MR) is 79.7 cm³/mol.